The van der Waals surface area contributed by atoms with E-state index >= 15 is 0 Å². The Labute approximate surface area is 365 Å². The largest absolute Gasteiger partial charge is 0.484 e. The lowest BCUT2D eigenvalue weighted by atomic mass is 9.87. The van der Waals surface area contributed by atoms with Crippen LogP contribution in [0.1, 0.15) is 36.6 Å². The first kappa shape index (κ1) is 44.6. The molecule has 6 heterocycles. The van der Waals surface area contributed by atoms with Gasteiger partial charge in [0.15, 0.2) is 6.61 Å². The molecule has 0 radical (unpaired) electrons. The number of carboxylic acid groups (broad SMARTS) is 3. The molecule has 332 valence electrons. The highest BCUT2D eigenvalue weighted by molar-refractivity contribution is 5.91. The number of hydrogen-bond acceptors (Lipinski definition) is 11. The quantitative estimate of drug-likeness (QED) is 0.0996. The minimum absolute atomic E-state index is 0.111. The number of nitrogens with zero attached hydrogens (tertiary/aromatic N) is 6. The van der Waals surface area contributed by atoms with E-state index in [0.29, 0.717) is 71.2 Å². The first-order valence-corrected chi connectivity index (χ1v) is 21.2. The number of nitrogens with one attached hydrogen (secondary N) is 3. The molecule has 3 aliphatic heterocycles. The van der Waals surface area contributed by atoms with Gasteiger partial charge >= 0.3 is 17.9 Å². The molecule has 3 aliphatic rings. The molecule has 0 atom stereocenters. The van der Waals surface area contributed by atoms with Gasteiger partial charge in [-0.05, 0) is 72.3 Å². The van der Waals surface area contributed by atoms with Crippen LogP contribution in [0.4, 0.5) is 0 Å². The minimum atomic E-state index is -1.01. The summed E-state index contributed by atoms with van der Waals surface area (Å²) in [4.78, 5) is 72.1. The van der Waals surface area contributed by atoms with Crippen molar-refractivity contribution in [1.82, 2.24) is 44.9 Å². The van der Waals surface area contributed by atoms with Gasteiger partial charge in [-0.1, -0.05) is 26.0 Å². The minimum Gasteiger partial charge on any atom is -0.484 e. The van der Waals surface area contributed by atoms with E-state index in [1.54, 1.807) is 14.7 Å². The van der Waals surface area contributed by atoms with E-state index in [4.69, 9.17) is 14.7 Å². The number of fused-ring (bicyclic) bond motifs is 8. The standard InChI is InChI=1S/C46H55N9O8/c1-46(2)26-36-24-34-8-12-39(50-34)45(38-11-7-33(49-38)23-32-5-6-35(48-32)25-40(46)51-36)31-3-9-37(10-4-31)63-30-41(56)47-13-14-52-15-17-53(27-42(57)58)19-21-55(29-44(61)62)22-20-54(18-16-52)28-43(59)60/h3-12,23-25,48,50H,13-22,26-30H2,1-2H3,(H,47,56)(H,57,58)(H,59,60)(H,61,62). The summed E-state index contributed by atoms with van der Waals surface area (Å²) in [6.45, 7) is 7.33. The number of aliphatic carboxylic acids is 3. The van der Waals surface area contributed by atoms with Crippen molar-refractivity contribution in [2.45, 2.75) is 25.7 Å². The van der Waals surface area contributed by atoms with Crippen molar-refractivity contribution in [1.29, 1.82) is 0 Å². The monoisotopic (exact) mass is 861 g/mol. The van der Waals surface area contributed by atoms with Gasteiger partial charge in [0, 0.05) is 116 Å². The molecule has 1 amide bonds. The molecule has 1 fully saturated rings. The van der Waals surface area contributed by atoms with Gasteiger partial charge in [0.05, 0.1) is 31.0 Å². The molecule has 1 saturated heterocycles. The lowest BCUT2D eigenvalue weighted by Crippen LogP contribution is -2.49. The Balaban J connectivity index is 1.01. The van der Waals surface area contributed by atoms with Gasteiger partial charge in [-0.25, -0.2) is 4.98 Å². The number of rotatable bonds is 13. The summed E-state index contributed by atoms with van der Waals surface area (Å²) in [5, 5.41) is 31.3. The molecule has 0 unspecified atom stereocenters. The van der Waals surface area contributed by atoms with E-state index in [9.17, 15) is 34.5 Å². The van der Waals surface area contributed by atoms with E-state index in [-0.39, 0.29) is 37.6 Å². The fraction of sp³-hybridized carbons (Fsp3) is 0.391. The van der Waals surface area contributed by atoms with Crippen molar-refractivity contribution in [3.63, 3.8) is 0 Å². The van der Waals surface area contributed by atoms with E-state index in [0.717, 1.165) is 62.4 Å². The number of benzene rings is 1. The highest BCUT2D eigenvalue weighted by atomic mass is 16.5. The van der Waals surface area contributed by atoms with Crippen molar-refractivity contribution in [2.75, 3.05) is 91.7 Å². The smallest absolute Gasteiger partial charge is 0.317 e. The molecule has 1 aromatic carbocycles. The lowest BCUT2D eigenvalue weighted by molar-refractivity contribution is -0.140. The highest BCUT2D eigenvalue weighted by Crippen LogP contribution is 2.33. The van der Waals surface area contributed by atoms with Crippen LogP contribution in [0.15, 0.2) is 66.7 Å². The SMILES string of the molecule is CC1(C)Cc2cc3ccc([nH]3)c(-c3ccc(OCC(=O)NCCN4CCN(CC(=O)O)CCN(CC(=O)O)CCN(CC(=O)O)CC4)cc3)c3nc(cc4ccc(cc1n2)[nH]4)C=C3. The Bertz CT molecular complexity index is 2460. The Morgan fingerprint density at radius 1 is 0.683 bits per heavy atom. The van der Waals surface area contributed by atoms with E-state index in [1.165, 1.54) is 0 Å². The van der Waals surface area contributed by atoms with Crippen molar-refractivity contribution >= 4 is 58.0 Å². The van der Waals surface area contributed by atoms with Crippen LogP contribution in [-0.4, -0.2) is 170 Å². The zero-order valence-electron chi connectivity index (χ0n) is 35.7. The number of amides is 1. The molecule has 0 aliphatic carbocycles. The molecule has 0 saturated carbocycles. The number of hydrogen-bond donors (Lipinski definition) is 6. The van der Waals surface area contributed by atoms with Gasteiger partial charge in [-0.2, -0.15) is 0 Å². The van der Waals surface area contributed by atoms with E-state index < -0.39 is 17.9 Å². The zero-order chi connectivity index (χ0) is 44.5. The van der Waals surface area contributed by atoms with Crippen molar-refractivity contribution < 1.29 is 39.2 Å². The van der Waals surface area contributed by atoms with Crippen LogP contribution in [0, 0.1) is 0 Å². The fourth-order valence-corrected chi connectivity index (χ4v) is 8.09. The van der Waals surface area contributed by atoms with Crippen LogP contribution in [0.25, 0.3) is 45.3 Å². The Hall–Kier alpha value is -6.40. The molecule has 8 bridgehead atoms. The number of carbonyl (C=O) groups excluding carboxylic acids is 1. The van der Waals surface area contributed by atoms with Crippen LogP contribution < -0.4 is 10.1 Å². The molecule has 63 heavy (non-hydrogen) atoms. The summed E-state index contributed by atoms with van der Waals surface area (Å²) in [6, 6.07) is 22.0. The number of aromatic nitrogens is 4. The lowest BCUT2D eigenvalue weighted by Gasteiger charge is -2.33. The van der Waals surface area contributed by atoms with Gasteiger partial charge in [0.1, 0.15) is 5.75 Å². The number of carbonyl (C=O) groups is 4. The summed E-state index contributed by atoms with van der Waals surface area (Å²) in [7, 11) is 0. The predicted octanol–water partition coefficient (Wildman–Crippen LogP) is 3.64. The maximum Gasteiger partial charge on any atom is 0.317 e. The number of H-pyrrole nitrogens is 2. The maximum absolute atomic E-state index is 13.0. The number of aromatic amines is 2. The van der Waals surface area contributed by atoms with Crippen molar-refractivity contribution in [3.8, 4) is 16.9 Å². The molecule has 17 nitrogen and oxygen atoms in total. The van der Waals surface area contributed by atoms with Gasteiger partial charge < -0.3 is 35.3 Å². The Morgan fingerprint density at radius 2 is 1.24 bits per heavy atom. The topological polar surface area (TPSA) is 221 Å². The second-order valence-corrected chi connectivity index (χ2v) is 16.8. The van der Waals surface area contributed by atoms with Crippen molar-refractivity contribution in [2.24, 2.45) is 0 Å². The summed E-state index contributed by atoms with van der Waals surface area (Å²) in [5.41, 5.74) is 9.10. The zero-order valence-corrected chi connectivity index (χ0v) is 35.7. The van der Waals surface area contributed by atoms with Crippen LogP contribution in [0.3, 0.4) is 0 Å². The molecule has 3 aromatic heterocycles. The third kappa shape index (κ3) is 12.6. The molecule has 4 aromatic rings. The van der Waals surface area contributed by atoms with Crippen LogP contribution in [-0.2, 0) is 31.0 Å². The van der Waals surface area contributed by atoms with Gasteiger partial charge in [-0.15, -0.1) is 0 Å². The first-order valence-electron chi connectivity index (χ1n) is 21.2. The average Bonchev–Trinajstić information content (AvgIpc) is 4.03. The second kappa shape index (κ2) is 20.2. The summed E-state index contributed by atoms with van der Waals surface area (Å²) >= 11 is 0. The average molecular weight is 862 g/mol. The van der Waals surface area contributed by atoms with E-state index in [2.05, 4.69) is 58.3 Å². The van der Waals surface area contributed by atoms with Crippen LogP contribution in [0.5, 0.6) is 5.75 Å². The van der Waals surface area contributed by atoms with Crippen LogP contribution in [0.2, 0.25) is 0 Å². The van der Waals surface area contributed by atoms with Crippen molar-refractivity contribution in [3.05, 3.63) is 89.5 Å². The van der Waals surface area contributed by atoms with Crippen LogP contribution >= 0.6 is 0 Å². The van der Waals surface area contributed by atoms with Gasteiger partial charge in [0.25, 0.3) is 5.91 Å². The number of ether oxygens (including phenoxy) is 1. The van der Waals surface area contributed by atoms with E-state index in [1.807, 2.05) is 54.6 Å². The van der Waals surface area contributed by atoms with Gasteiger partial charge in [-0.3, -0.25) is 43.8 Å². The Kier molecular flexibility index (Phi) is 14.3. The Morgan fingerprint density at radius 3 is 1.84 bits per heavy atom. The summed E-state index contributed by atoms with van der Waals surface area (Å²) in [6.07, 6.45) is 4.82. The molecule has 6 N–H and O–H groups in total. The molecular formula is C46H55N9O8. The third-order valence-electron chi connectivity index (χ3n) is 11.4. The highest BCUT2D eigenvalue weighted by Gasteiger charge is 2.28. The molecule has 17 heteroatoms. The van der Waals surface area contributed by atoms with Gasteiger partial charge in [0.2, 0.25) is 0 Å². The molecule has 0 spiro atoms. The first-order chi connectivity index (χ1) is 30.2. The summed E-state index contributed by atoms with van der Waals surface area (Å²) < 4.78 is 5.90. The fourth-order valence-electron chi connectivity index (χ4n) is 8.09. The normalized spacial score (nSPS) is 16.8. The molecular weight excluding hydrogens is 807 g/mol. The maximum atomic E-state index is 13.0. The predicted molar refractivity (Wildman–Crippen MR) is 239 cm³/mol. The summed E-state index contributed by atoms with van der Waals surface area (Å²) in [5.74, 6) is -2.78. The molecule has 7 rings (SSSR count). The second-order valence-electron chi connectivity index (χ2n) is 16.8. The third-order valence-corrected chi connectivity index (χ3v) is 11.4. The number of carboxylic acids is 3.